The van der Waals surface area contributed by atoms with Crippen molar-refractivity contribution in [2.75, 3.05) is 0 Å². The molecule has 1 unspecified atom stereocenters. The lowest BCUT2D eigenvalue weighted by molar-refractivity contribution is 0.0933. The van der Waals surface area contributed by atoms with Crippen LogP contribution in [0, 0.1) is 17.5 Å². The lowest BCUT2D eigenvalue weighted by atomic mass is 10.1. The molecule has 0 bridgehead atoms. The van der Waals surface area contributed by atoms with Crippen molar-refractivity contribution in [2.45, 2.75) is 13.0 Å². The molecule has 1 amide bonds. The summed E-state index contributed by atoms with van der Waals surface area (Å²) < 4.78 is 39.1. The van der Waals surface area contributed by atoms with E-state index < -0.39 is 35.0 Å². The number of carbonyl (C=O) groups excluding carboxylic acids is 1. The van der Waals surface area contributed by atoms with Gasteiger partial charge in [-0.05, 0) is 19.1 Å². The maximum absolute atomic E-state index is 13.4. The van der Waals surface area contributed by atoms with Gasteiger partial charge in [-0.15, -0.1) is 0 Å². The van der Waals surface area contributed by atoms with Gasteiger partial charge in [0.05, 0.1) is 11.6 Å². The van der Waals surface area contributed by atoms with Gasteiger partial charge < -0.3 is 5.32 Å². The molecular formula is C11H9F3N4O. The average molecular weight is 270 g/mol. The van der Waals surface area contributed by atoms with Gasteiger partial charge in [-0.25, -0.2) is 18.2 Å². The molecule has 0 aliphatic carbocycles. The van der Waals surface area contributed by atoms with E-state index in [1.807, 2.05) is 0 Å². The molecule has 2 N–H and O–H groups in total. The third-order valence-corrected chi connectivity index (χ3v) is 2.47. The first-order valence-electron chi connectivity index (χ1n) is 5.30. The van der Waals surface area contributed by atoms with Crippen LogP contribution in [0.2, 0.25) is 0 Å². The van der Waals surface area contributed by atoms with Crippen LogP contribution in [0.25, 0.3) is 0 Å². The molecule has 0 aliphatic rings. The van der Waals surface area contributed by atoms with Crippen LogP contribution in [-0.4, -0.2) is 21.1 Å². The number of halogens is 3. The fourth-order valence-electron chi connectivity index (χ4n) is 1.47. The van der Waals surface area contributed by atoms with Crippen LogP contribution >= 0.6 is 0 Å². The summed E-state index contributed by atoms with van der Waals surface area (Å²) in [4.78, 5) is 15.5. The smallest absolute Gasteiger partial charge is 0.254 e. The number of nitrogens with one attached hydrogen (secondary N) is 2. The monoisotopic (exact) mass is 270 g/mol. The van der Waals surface area contributed by atoms with Gasteiger partial charge in [0.15, 0.2) is 17.5 Å². The number of aromatic amines is 1. The number of H-pyrrole nitrogens is 1. The molecule has 1 atom stereocenters. The number of benzene rings is 1. The predicted octanol–water partition coefficient (Wildman–Crippen LogP) is 1.71. The van der Waals surface area contributed by atoms with E-state index in [1.54, 1.807) is 6.92 Å². The summed E-state index contributed by atoms with van der Waals surface area (Å²) in [5.41, 5.74) is -0.578. The minimum absolute atomic E-state index is 0.358. The van der Waals surface area contributed by atoms with Crippen molar-refractivity contribution in [1.82, 2.24) is 20.5 Å². The van der Waals surface area contributed by atoms with Gasteiger partial charge in [-0.1, -0.05) is 0 Å². The van der Waals surface area contributed by atoms with Crippen molar-refractivity contribution < 1.29 is 18.0 Å². The molecule has 0 aliphatic heterocycles. The van der Waals surface area contributed by atoms with Crippen molar-refractivity contribution in [3.63, 3.8) is 0 Å². The number of carbonyl (C=O) groups is 1. The lowest BCUT2D eigenvalue weighted by Gasteiger charge is -2.11. The van der Waals surface area contributed by atoms with E-state index in [0.717, 1.165) is 6.07 Å². The standard InChI is InChI=1S/C11H9F3N4O/c1-5(10-15-4-16-18-10)17-11(19)6-2-3-7(12)9(14)8(6)13/h2-5H,1H3,(H,17,19)(H,15,16,18). The number of nitrogens with zero attached hydrogens (tertiary/aromatic N) is 2. The van der Waals surface area contributed by atoms with E-state index >= 15 is 0 Å². The Morgan fingerprint density at radius 1 is 1.32 bits per heavy atom. The summed E-state index contributed by atoms with van der Waals surface area (Å²) in [6.45, 7) is 1.58. The molecule has 8 heteroatoms. The predicted molar refractivity (Wildman–Crippen MR) is 58.6 cm³/mol. The van der Waals surface area contributed by atoms with Crippen LogP contribution in [0.5, 0.6) is 0 Å². The largest absolute Gasteiger partial charge is 0.342 e. The highest BCUT2D eigenvalue weighted by Gasteiger charge is 2.20. The molecule has 0 saturated heterocycles. The topological polar surface area (TPSA) is 70.7 Å². The summed E-state index contributed by atoms with van der Waals surface area (Å²) in [6.07, 6.45) is 1.25. The molecule has 0 saturated carbocycles. The molecule has 0 radical (unpaired) electrons. The molecule has 0 fully saturated rings. The van der Waals surface area contributed by atoms with Gasteiger partial charge in [0, 0.05) is 0 Å². The van der Waals surface area contributed by atoms with Crippen LogP contribution in [0.4, 0.5) is 13.2 Å². The second-order valence-electron chi connectivity index (χ2n) is 3.79. The van der Waals surface area contributed by atoms with Crippen molar-refractivity contribution in [2.24, 2.45) is 0 Å². The van der Waals surface area contributed by atoms with E-state index in [2.05, 4.69) is 20.5 Å². The summed E-state index contributed by atoms with van der Waals surface area (Å²) in [5, 5.41) is 8.50. The highest BCUT2D eigenvalue weighted by Crippen LogP contribution is 2.16. The highest BCUT2D eigenvalue weighted by molar-refractivity contribution is 5.94. The summed E-state index contributed by atoms with van der Waals surface area (Å²) in [7, 11) is 0. The molecular weight excluding hydrogens is 261 g/mol. The van der Waals surface area contributed by atoms with Crippen molar-refractivity contribution in [1.29, 1.82) is 0 Å². The molecule has 1 heterocycles. The Balaban J connectivity index is 2.19. The van der Waals surface area contributed by atoms with Gasteiger partial charge in [0.1, 0.15) is 12.2 Å². The highest BCUT2D eigenvalue weighted by atomic mass is 19.2. The quantitative estimate of drug-likeness (QED) is 0.834. The van der Waals surface area contributed by atoms with Gasteiger partial charge >= 0.3 is 0 Å². The number of amides is 1. The minimum atomic E-state index is -1.68. The Morgan fingerprint density at radius 2 is 2.05 bits per heavy atom. The third-order valence-electron chi connectivity index (χ3n) is 2.47. The van der Waals surface area contributed by atoms with E-state index in [1.165, 1.54) is 6.33 Å². The second kappa shape index (κ2) is 5.09. The fraction of sp³-hybridized carbons (Fsp3) is 0.182. The molecule has 0 spiro atoms. The maximum atomic E-state index is 13.4. The summed E-state index contributed by atoms with van der Waals surface area (Å²) in [6, 6.07) is 0.977. The summed E-state index contributed by atoms with van der Waals surface area (Å²) >= 11 is 0. The lowest BCUT2D eigenvalue weighted by Crippen LogP contribution is -2.28. The minimum Gasteiger partial charge on any atom is -0.342 e. The average Bonchev–Trinajstić information content (AvgIpc) is 2.89. The summed E-state index contributed by atoms with van der Waals surface area (Å²) in [5.74, 6) is -5.07. The van der Waals surface area contributed by atoms with Gasteiger partial charge in [0.25, 0.3) is 5.91 Å². The van der Waals surface area contributed by atoms with Gasteiger partial charge in [-0.3, -0.25) is 9.89 Å². The van der Waals surface area contributed by atoms with Crippen LogP contribution in [0.15, 0.2) is 18.5 Å². The van der Waals surface area contributed by atoms with E-state index in [0.29, 0.717) is 11.9 Å². The molecule has 1 aromatic heterocycles. The second-order valence-corrected chi connectivity index (χ2v) is 3.79. The van der Waals surface area contributed by atoms with E-state index in [4.69, 9.17) is 0 Å². The first-order valence-corrected chi connectivity index (χ1v) is 5.30. The molecule has 2 aromatic rings. The normalized spacial score (nSPS) is 12.2. The zero-order chi connectivity index (χ0) is 14.0. The van der Waals surface area contributed by atoms with Crippen LogP contribution in [-0.2, 0) is 0 Å². The van der Waals surface area contributed by atoms with Gasteiger partial charge in [-0.2, -0.15) is 5.10 Å². The third kappa shape index (κ3) is 2.56. The Morgan fingerprint density at radius 3 is 2.68 bits per heavy atom. The molecule has 5 nitrogen and oxygen atoms in total. The zero-order valence-electron chi connectivity index (χ0n) is 9.75. The van der Waals surface area contributed by atoms with Gasteiger partial charge in [0.2, 0.25) is 0 Å². The number of aromatic nitrogens is 3. The SMILES string of the molecule is CC(NC(=O)c1ccc(F)c(F)c1F)c1ncn[nH]1. The Kier molecular flexibility index (Phi) is 3.50. The van der Waals surface area contributed by atoms with Crippen molar-refractivity contribution >= 4 is 5.91 Å². The maximum Gasteiger partial charge on any atom is 0.254 e. The van der Waals surface area contributed by atoms with E-state index in [-0.39, 0.29) is 0 Å². The molecule has 1 aromatic carbocycles. The molecule has 2 rings (SSSR count). The fourth-order valence-corrected chi connectivity index (χ4v) is 1.47. The van der Waals surface area contributed by atoms with Crippen LogP contribution in [0.3, 0.4) is 0 Å². The van der Waals surface area contributed by atoms with Crippen LogP contribution in [0.1, 0.15) is 29.1 Å². The Labute approximate surface area is 105 Å². The number of rotatable bonds is 3. The van der Waals surface area contributed by atoms with Crippen LogP contribution < -0.4 is 5.32 Å². The van der Waals surface area contributed by atoms with Crippen molar-refractivity contribution in [3.8, 4) is 0 Å². The number of hydrogen-bond donors (Lipinski definition) is 2. The first-order chi connectivity index (χ1) is 9.00. The first kappa shape index (κ1) is 13.1. The number of hydrogen-bond acceptors (Lipinski definition) is 3. The van der Waals surface area contributed by atoms with Crippen molar-refractivity contribution in [3.05, 3.63) is 47.3 Å². The van der Waals surface area contributed by atoms with E-state index in [9.17, 15) is 18.0 Å². The Bertz CT molecular complexity index is 600. The molecule has 100 valence electrons. The molecule has 19 heavy (non-hydrogen) atoms. The Hall–Kier alpha value is -2.38. The zero-order valence-corrected chi connectivity index (χ0v) is 9.75.